The quantitative estimate of drug-likeness (QED) is 0.314. The van der Waals surface area contributed by atoms with Crippen molar-refractivity contribution < 1.29 is 26.3 Å². The van der Waals surface area contributed by atoms with E-state index in [-0.39, 0.29) is 31.9 Å². The first kappa shape index (κ1) is 29.5. The summed E-state index contributed by atoms with van der Waals surface area (Å²) in [5.74, 6) is 0.640. The van der Waals surface area contributed by atoms with Crippen LogP contribution in [-0.2, 0) is 22.6 Å². The SMILES string of the molecule is CC(c1ccccc1)[N+](=O)C(CCCc1ncccn1)CS(=O)(=O)N1CCN(c2ccc(C(F)(F)F)cn2)CC1. The molecule has 0 bridgehead atoms. The third-order valence-corrected chi connectivity index (χ3v) is 8.97. The van der Waals surface area contributed by atoms with Crippen LogP contribution in [0.1, 0.15) is 42.8 Å². The average molecular weight is 578 g/mol. The van der Waals surface area contributed by atoms with Gasteiger partial charge in [-0.05, 0) is 24.6 Å². The van der Waals surface area contributed by atoms with Crippen molar-refractivity contribution in [3.63, 3.8) is 0 Å². The van der Waals surface area contributed by atoms with Crippen molar-refractivity contribution in [3.05, 3.63) is 89.0 Å². The predicted octanol–water partition coefficient (Wildman–Crippen LogP) is 4.27. The van der Waals surface area contributed by atoms with Crippen molar-refractivity contribution in [3.8, 4) is 0 Å². The summed E-state index contributed by atoms with van der Waals surface area (Å²) in [6.07, 6.45) is 0.981. The minimum absolute atomic E-state index is 0.142. The van der Waals surface area contributed by atoms with E-state index in [4.69, 9.17) is 0 Å². The topological polar surface area (TPSA) is 99.4 Å². The lowest BCUT2D eigenvalue weighted by Crippen LogP contribution is -2.51. The molecule has 0 spiro atoms. The second kappa shape index (κ2) is 12.8. The van der Waals surface area contributed by atoms with Crippen LogP contribution in [0.3, 0.4) is 0 Å². The normalized spacial score (nSPS) is 16.4. The zero-order valence-electron chi connectivity index (χ0n) is 22.1. The Morgan fingerprint density at radius 2 is 1.62 bits per heavy atom. The summed E-state index contributed by atoms with van der Waals surface area (Å²) in [6, 6.07) is 11.8. The number of aromatic nitrogens is 3. The molecule has 2 unspecified atom stereocenters. The first-order chi connectivity index (χ1) is 19.0. The third kappa shape index (κ3) is 7.60. The van der Waals surface area contributed by atoms with Crippen molar-refractivity contribution in [2.24, 2.45) is 0 Å². The van der Waals surface area contributed by atoms with Gasteiger partial charge in [-0.1, -0.05) is 30.3 Å². The molecular weight excluding hydrogens is 545 g/mol. The number of nitrogens with zero attached hydrogens (tertiary/aromatic N) is 6. The molecule has 0 radical (unpaired) electrons. The highest BCUT2D eigenvalue weighted by molar-refractivity contribution is 7.89. The van der Waals surface area contributed by atoms with Crippen LogP contribution in [0.2, 0.25) is 0 Å². The molecule has 2 aromatic heterocycles. The van der Waals surface area contributed by atoms with E-state index in [0.29, 0.717) is 30.9 Å². The van der Waals surface area contributed by atoms with Crippen LogP contribution < -0.4 is 4.90 Å². The Balaban J connectivity index is 1.42. The number of sulfonamides is 1. The van der Waals surface area contributed by atoms with Crippen LogP contribution in [0.15, 0.2) is 67.1 Å². The van der Waals surface area contributed by atoms with E-state index in [9.17, 15) is 26.5 Å². The fraction of sp³-hybridized carbons (Fsp3) is 0.444. The molecule has 3 aromatic rings. The Morgan fingerprint density at radius 1 is 0.950 bits per heavy atom. The maximum atomic E-state index is 13.5. The van der Waals surface area contributed by atoms with Gasteiger partial charge in [-0.25, -0.2) is 23.4 Å². The first-order valence-corrected chi connectivity index (χ1v) is 14.7. The van der Waals surface area contributed by atoms with Crippen LogP contribution in [0, 0.1) is 4.91 Å². The van der Waals surface area contributed by atoms with Crippen LogP contribution in [0.4, 0.5) is 19.0 Å². The molecule has 1 fully saturated rings. The number of piperazine rings is 1. The minimum Gasteiger partial charge on any atom is -0.354 e. The van der Waals surface area contributed by atoms with Crippen molar-refractivity contribution in [1.82, 2.24) is 19.3 Å². The van der Waals surface area contributed by atoms with Gasteiger partial charge in [0.15, 0.2) is 0 Å². The summed E-state index contributed by atoms with van der Waals surface area (Å²) >= 11 is 0. The monoisotopic (exact) mass is 577 g/mol. The van der Waals surface area contributed by atoms with E-state index in [0.717, 1.165) is 22.6 Å². The molecule has 3 heterocycles. The third-order valence-electron chi connectivity index (χ3n) is 7.01. The van der Waals surface area contributed by atoms with E-state index < -0.39 is 33.8 Å². The molecule has 9 nitrogen and oxygen atoms in total. The number of halogens is 3. The average Bonchev–Trinajstić information content (AvgIpc) is 2.96. The lowest BCUT2D eigenvalue weighted by Gasteiger charge is -2.35. The Labute approximate surface area is 231 Å². The van der Waals surface area contributed by atoms with Gasteiger partial charge in [0.2, 0.25) is 22.1 Å². The summed E-state index contributed by atoms with van der Waals surface area (Å²) in [5.41, 5.74) is -0.0434. The highest BCUT2D eigenvalue weighted by atomic mass is 32.2. The molecule has 0 aliphatic carbocycles. The zero-order chi connectivity index (χ0) is 28.8. The molecule has 40 heavy (non-hydrogen) atoms. The minimum atomic E-state index is -4.48. The molecule has 1 saturated heterocycles. The maximum Gasteiger partial charge on any atom is 0.417 e. The molecular formula is C27H32F3N6O3S+. The van der Waals surface area contributed by atoms with Crippen LogP contribution in [-0.4, -0.2) is 70.4 Å². The molecule has 2 atom stereocenters. The van der Waals surface area contributed by atoms with E-state index in [1.807, 2.05) is 30.3 Å². The standard InChI is InChI=1S/C27H32F3N6O3S/c1-21(22-7-3-2-4-8-22)36(37)24(9-5-10-25-31-13-6-14-32-25)20-40(38,39)35-17-15-34(16-18-35)26-12-11-23(19-33-26)27(28,29)30/h2-4,6-8,11-14,19,21,24H,5,9-10,15-18,20H2,1H3/q+1. The van der Waals surface area contributed by atoms with Gasteiger partial charge in [-0.3, -0.25) is 0 Å². The number of alkyl halides is 3. The van der Waals surface area contributed by atoms with E-state index >= 15 is 0 Å². The van der Waals surface area contributed by atoms with Crippen molar-refractivity contribution in [1.29, 1.82) is 0 Å². The summed E-state index contributed by atoms with van der Waals surface area (Å²) < 4.78 is 67.7. The van der Waals surface area contributed by atoms with E-state index in [1.165, 1.54) is 10.4 Å². The van der Waals surface area contributed by atoms with E-state index in [1.54, 1.807) is 30.3 Å². The van der Waals surface area contributed by atoms with Crippen LogP contribution in [0.5, 0.6) is 0 Å². The highest BCUT2D eigenvalue weighted by Crippen LogP contribution is 2.29. The predicted molar refractivity (Wildman–Crippen MR) is 144 cm³/mol. The highest BCUT2D eigenvalue weighted by Gasteiger charge is 2.39. The second-order valence-corrected chi connectivity index (χ2v) is 11.7. The van der Waals surface area contributed by atoms with Crippen molar-refractivity contribution >= 4 is 15.8 Å². The summed E-state index contributed by atoms with van der Waals surface area (Å²) in [4.78, 5) is 27.6. The summed E-state index contributed by atoms with van der Waals surface area (Å²) in [7, 11) is -3.81. The van der Waals surface area contributed by atoms with Gasteiger partial charge in [0.05, 0.1) is 5.56 Å². The fourth-order valence-electron chi connectivity index (χ4n) is 4.72. The van der Waals surface area contributed by atoms with E-state index in [2.05, 4.69) is 15.0 Å². The number of pyridine rings is 1. The lowest BCUT2D eigenvalue weighted by atomic mass is 10.1. The first-order valence-electron chi connectivity index (χ1n) is 13.1. The molecule has 1 aliphatic rings. The second-order valence-electron chi connectivity index (χ2n) is 9.73. The Hall–Kier alpha value is -3.45. The number of aryl methyl sites for hydroxylation is 1. The maximum absolute atomic E-state index is 13.5. The number of hydrogen-bond acceptors (Lipinski definition) is 7. The van der Waals surface area contributed by atoms with Gasteiger partial charge in [-0.15, -0.1) is 0 Å². The molecule has 0 amide bonds. The van der Waals surface area contributed by atoms with Gasteiger partial charge >= 0.3 is 6.18 Å². The smallest absolute Gasteiger partial charge is 0.354 e. The lowest BCUT2D eigenvalue weighted by molar-refractivity contribution is -0.620. The van der Waals surface area contributed by atoms with Gasteiger partial charge in [0.1, 0.15) is 17.4 Å². The summed E-state index contributed by atoms with van der Waals surface area (Å²) in [6.45, 7) is 2.59. The van der Waals surface area contributed by atoms with Gasteiger partial charge in [0.25, 0.3) is 0 Å². The number of rotatable bonds is 11. The molecule has 0 saturated carbocycles. The Morgan fingerprint density at radius 3 is 2.23 bits per heavy atom. The van der Waals surface area contributed by atoms with Gasteiger partial charge in [-0.2, -0.15) is 17.5 Å². The van der Waals surface area contributed by atoms with Crippen molar-refractivity contribution in [2.45, 2.75) is 44.4 Å². The van der Waals surface area contributed by atoms with Crippen LogP contribution >= 0.6 is 0 Å². The molecule has 4 rings (SSSR count). The van der Waals surface area contributed by atoms with Crippen LogP contribution in [0.25, 0.3) is 0 Å². The fourth-order valence-corrected chi connectivity index (χ4v) is 6.45. The van der Waals surface area contributed by atoms with Gasteiger partial charge in [0, 0.05) is 79.8 Å². The van der Waals surface area contributed by atoms with Crippen molar-refractivity contribution in [2.75, 3.05) is 36.8 Å². The molecule has 1 aliphatic heterocycles. The van der Waals surface area contributed by atoms with Gasteiger partial charge < -0.3 is 4.90 Å². The molecule has 13 heteroatoms. The summed E-state index contributed by atoms with van der Waals surface area (Å²) in [5, 5.41) is 0. The molecule has 1 aromatic carbocycles. The number of nitroso groups, excluding NO2 is 1. The molecule has 214 valence electrons. The Kier molecular flexibility index (Phi) is 9.46. The Bertz CT molecular complexity index is 1350. The number of hydrogen-bond donors (Lipinski definition) is 0. The largest absolute Gasteiger partial charge is 0.417 e. The number of anilines is 1. The molecule has 0 N–H and O–H groups in total. The number of benzene rings is 1. The zero-order valence-corrected chi connectivity index (χ0v) is 22.9.